The number of nitrogens with zero attached hydrogens (tertiary/aromatic N) is 2. The van der Waals surface area contributed by atoms with Crippen LogP contribution in [0.15, 0.2) is 38.3 Å². The number of aryl methyl sites for hydroxylation is 2. The molecular weight excluding hydrogens is 472 g/mol. The summed E-state index contributed by atoms with van der Waals surface area (Å²) in [6.45, 7) is 7.67. The number of fused-ring (bicyclic) bond motifs is 7. The molecule has 37 heavy (non-hydrogen) atoms. The van der Waals surface area contributed by atoms with E-state index in [-0.39, 0.29) is 35.3 Å². The SMILES string of the molecule is COc1cc2c(c3oc(=O)c(CC(=O)N4C[C@H]5C[C@H](C4)c4cccc(=O)n4C5)c(C)c13)CCC(C)(C)O2. The first-order chi connectivity index (χ1) is 17.6. The fourth-order valence-electron chi connectivity index (χ4n) is 6.41. The molecular formula is C29H32N2O6. The van der Waals surface area contributed by atoms with Gasteiger partial charge in [-0.15, -0.1) is 0 Å². The number of pyridine rings is 1. The number of benzene rings is 1. The third kappa shape index (κ3) is 3.93. The van der Waals surface area contributed by atoms with Crippen LogP contribution in [0.4, 0.5) is 0 Å². The van der Waals surface area contributed by atoms with E-state index in [2.05, 4.69) is 0 Å². The zero-order valence-electron chi connectivity index (χ0n) is 21.8. The number of ether oxygens (including phenoxy) is 2. The Balaban J connectivity index is 1.33. The number of carbonyl (C=O) groups is 1. The summed E-state index contributed by atoms with van der Waals surface area (Å²) in [4.78, 5) is 40.9. The fourth-order valence-corrected chi connectivity index (χ4v) is 6.41. The van der Waals surface area contributed by atoms with E-state index in [1.165, 1.54) is 0 Å². The van der Waals surface area contributed by atoms with Crippen LogP contribution in [-0.4, -0.2) is 41.2 Å². The van der Waals surface area contributed by atoms with Crippen LogP contribution in [0.1, 0.15) is 55.0 Å². The van der Waals surface area contributed by atoms with Gasteiger partial charge in [0.05, 0.1) is 24.5 Å². The molecule has 0 saturated carbocycles. The molecule has 0 spiro atoms. The molecule has 1 fully saturated rings. The van der Waals surface area contributed by atoms with Crippen molar-refractivity contribution in [2.45, 2.75) is 64.5 Å². The van der Waals surface area contributed by atoms with Crippen LogP contribution in [0.5, 0.6) is 11.5 Å². The number of piperidine rings is 1. The van der Waals surface area contributed by atoms with E-state index in [4.69, 9.17) is 13.9 Å². The van der Waals surface area contributed by atoms with Crippen LogP contribution < -0.4 is 20.7 Å². The highest BCUT2D eigenvalue weighted by Crippen LogP contribution is 2.43. The summed E-state index contributed by atoms with van der Waals surface area (Å²) >= 11 is 0. The summed E-state index contributed by atoms with van der Waals surface area (Å²) in [7, 11) is 1.58. The van der Waals surface area contributed by atoms with Gasteiger partial charge in [0.15, 0.2) is 0 Å². The minimum absolute atomic E-state index is 0.0153. The molecule has 2 atom stereocenters. The van der Waals surface area contributed by atoms with Crippen molar-refractivity contribution >= 4 is 16.9 Å². The lowest BCUT2D eigenvalue weighted by Crippen LogP contribution is -2.49. The van der Waals surface area contributed by atoms with Crippen molar-refractivity contribution in [1.82, 2.24) is 9.47 Å². The van der Waals surface area contributed by atoms with Crippen LogP contribution in [0, 0.1) is 12.8 Å². The molecule has 2 aromatic heterocycles. The van der Waals surface area contributed by atoms with Gasteiger partial charge in [-0.2, -0.15) is 0 Å². The maximum Gasteiger partial charge on any atom is 0.340 e. The second-order valence-electron chi connectivity index (χ2n) is 11.3. The van der Waals surface area contributed by atoms with E-state index in [0.717, 1.165) is 35.9 Å². The average molecular weight is 505 g/mol. The van der Waals surface area contributed by atoms with Crippen LogP contribution in [-0.2, 0) is 24.2 Å². The highest BCUT2D eigenvalue weighted by molar-refractivity contribution is 5.93. The average Bonchev–Trinajstić information content (AvgIpc) is 2.85. The molecule has 194 valence electrons. The lowest BCUT2D eigenvalue weighted by molar-refractivity contribution is -0.133. The van der Waals surface area contributed by atoms with E-state index >= 15 is 0 Å². The predicted molar refractivity (Wildman–Crippen MR) is 139 cm³/mol. The quantitative estimate of drug-likeness (QED) is 0.507. The molecule has 8 heteroatoms. The van der Waals surface area contributed by atoms with Gasteiger partial charge in [0.25, 0.3) is 5.56 Å². The van der Waals surface area contributed by atoms with Gasteiger partial charge >= 0.3 is 5.63 Å². The number of aromatic nitrogens is 1. The van der Waals surface area contributed by atoms with Gasteiger partial charge < -0.3 is 23.4 Å². The predicted octanol–water partition coefficient (Wildman–Crippen LogP) is 3.56. The lowest BCUT2D eigenvalue weighted by Gasteiger charge is -2.42. The molecule has 0 radical (unpaired) electrons. The van der Waals surface area contributed by atoms with Crippen molar-refractivity contribution < 1.29 is 18.7 Å². The molecule has 1 amide bonds. The number of likely N-dealkylation sites (tertiary alicyclic amines) is 1. The Hall–Kier alpha value is -3.55. The van der Waals surface area contributed by atoms with Gasteiger partial charge in [0.2, 0.25) is 5.91 Å². The summed E-state index contributed by atoms with van der Waals surface area (Å²) < 4.78 is 19.6. The van der Waals surface area contributed by atoms with E-state index in [9.17, 15) is 14.4 Å². The summed E-state index contributed by atoms with van der Waals surface area (Å²) in [6.07, 6.45) is 2.46. The first-order valence-corrected chi connectivity index (χ1v) is 13.0. The topological polar surface area (TPSA) is 91.0 Å². The molecule has 3 aliphatic heterocycles. The minimum Gasteiger partial charge on any atom is -0.496 e. The van der Waals surface area contributed by atoms with E-state index in [1.54, 1.807) is 19.2 Å². The second-order valence-corrected chi connectivity index (χ2v) is 11.3. The van der Waals surface area contributed by atoms with E-state index in [0.29, 0.717) is 47.8 Å². The maximum atomic E-state index is 13.5. The van der Waals surface area contributed by atoms with Gasteiger partial charge in [-0.25, -0.2) is 4.79 Å². The Labute approximate surface area is 214 Å². The molecule has 3 aromatic rings. The van der Waals surface area contributed by atoms with Gasteiger partial charge in [0.1, 0.15) is 22.7 Å². The summed E-state index contributed by atoms with van der Waals surface area (Å²) in [5, 5.41) is 0.718. The number of amides is 1. The zero-order valence-corrected chi connectivity index (χ0v) is 21.8. The van der Waals surface area contributed by atoms with Crippen molar-refractivity contribution in [3.63, 3.8) is 0 Å². The third-order valence-corrected chi connectivity index (χ3v) is 8.32. The first-order valence-electron chi connectivity index (χ1n) is 13.0. The number of methoxy groups -OCH3 is 1. The summed E-state index contributed by atoms with van der Waals surface area (Å²) in [5.74, 6) is 1.48. The molecule has 6 rings (SSSR count). The van der Waals surface area contributed by atoms with Gasteiger partial charge in [-0.05, 0) is 57.6 Å². The Morgan fingerprint density at radius 2 is 2.00 bits per heavy atom. The lowest BCUT2D eigenvalue weighted by atomic mass is 9.83. The summed E-state index contributed by atoms with van der Waals surface area (Å²) in [5.41, 5.74) is 2.62. The molecule has 0 N–H and O–H groups in total. The molecule has 3 aliphatic rings. The molecule has 1 aromatic carbocycles. The highest BCUT2D eigenvalue weighted by atomic mass is 16.5. The van der Waals surface area contributed by atoms with Crippen molar-refractivity contribution in [2.24, 2.45) is 5.92 Å². The smallest absolute Gasteiger partial charge is 0.340 e. The number of hydrogen-bond donors (Lipinski definition) is 0. The van der Waals surface area contributed by atoms with Gasteiger partial charge in [0, 0.05) is 48.9 Å². The van der Waals surface area contributed by atoms with Crippen LogP contribution in [0.25, 0.3) is 11.0 Å². The minimum atomic E-state index is -0.493. The zero-order chi connectivity index (χ0) is 26.1. The van der Waals surface area contributed by atoms with Crippen molar-refractivity contribution in [3.05, 3.63) is 67.4 Å². The summed E-state index contributed by atoms with van der Waals surface area (Å²) in [6, 6.07) is 7.23. The largest absolute Gasteiger partial charge is 0.496 e. The Bertz CT molecular complexity index is 1550. The monoisotopic (exact) mass is 504 g/mol. The van der Waals surface area contributed by atoms with Crippen molar-refractivity contribution in [1.29, 1.82) is 0 Å². The standard InChI is InChI=1S/C29H32N2O6/c1-16-20(11-25(33)30-13-17-10-18(15-30)21-6-5-7-24(32)31(21)14-17)28(34)36-27-19-8-9-29(2,3)37-22(19)12-23(35-4)26(16)27/h5-7,12,17-18H,8-11,13-15H2,1-4H3/t17-,18-/m1/s1. The van der Waals surface area contributed by atoms with Gasteiger partial charge in [-0.3, -0.25) is 9.59 Å². The van der Waals surface area contributed by atoms with Gasteiger partial charge in [-0.1, -0.05) is 6.07 Å². The first kappa shape index (κ1) is 23.8. The van der Waals surface area contributed by atoms with Crippen LogP contribution in [0.2, 0.25) is 0 Å². The van der Waals surface area contributed by atoms with Crippen molar-refractivity contribution in [2.75, 3.05) is 20.2 Å². The van der Waals surface area contributed by atoms with Crippen molar-refractivity contribution in [3.8, 4) is 11.5 Å². The normalized spacial score (nSPS) is 21.7. The number of hydrogen-bond acceptors (Lipinski definition) is 6. The molecule has 5 heterocycles. The highest BCUT2D eigenvalue weighted by Gasteiger charge is 2.37. The number of carbonyl (C=O) groups excluding carboxylic acids is 1. The molecule has 8 nitrogen and oxygen atoms in total. The van der Waals surface area contributed by atoms with Crippen LogP contribution in [0.3, 0.4) is 0 Å². The molecule has 1 saturated heterocycles. The third-order valence-electron chi connectivity index (χ3n) is 8.32. The second kappa shape index (κ2) is 8.50. The van der Waals surface area contributed by atoms with E-state index < -0.39 is 5.63 Å². The molecule has 0 aliphatic carbocycles. The Kier molecular flexibility index (Phi) is 5.47. The Morgan fingerprint density at radius 1 is 1.19 bits per heavy atom. The molecule has 2 bridgehead atoms. The van der Waals surface area contributed by atoms with E-state index in [1.807, 2.05) is 42.4 Å². The van der Waals surface area contributed by atoms with Crippen LogP contribution >= 0.6 is 0 Å². The maximum absolute atomic E-state index is 13.5. The fraction of sp³-hybridized carbons (Fsp3) is 0.483. The Morgan fingerprint density at radius 3 is 2.78 bits per heavy atom. The number of rotatable bonds is 3. The molecule has 0 unspecified atom stereocenters.